The maximum absolute atomic E-state index is 11.1. The van der Waals surface area contributed by atoms with Crippen molar-refractivity contribution in [1.82, 2.24) is 9.80 Å². The van der Waals surface area contributed by atoms with Gasteiger partial charge in [-0.05, 0) is 110 Å². The minimum Gasteiger partial charge on any atom is -0.504 e. The van der Waals surface area contributed by atoms with Crippen LogP contribution in [-0.4, -0.2) is 63.4 Å². The molecule has 45 heavy (non-hydrogen) atoms. The summed E-state index contributed by atoms with van der Waals surface area (Å²) in [4.78, 5) is 4.74. The van der Waals surface area contributed by atoms with Crippen LogP contribution in [0.4, 0.5) is 0 Å². The Kier molecular flexibility index (Phi) is 7.71. The molecular formula is C37H40N2O6. The van der Waals surface area contributed by atoms with Crippen LogP contribution in [-0.2, 0) is 25.7 Å². The van der Waals surface area contributed by atoms with Crippen LogP contribution >= 0.6 is 0 Å². The third-order valence-corrected chi connectivity index (χ3v) is 9.64. The lowest BCUT2D eigenvalue weighted by atomic mass is 9.87. The molecule has 6 bridgehead atoms. The highest BCUT2D eigenvalue weighted by Crippen LogP contribution is 2.51. The number of fused-ring (bicyclic) bond motifs is 2. The minimum atomic E-state index is -0.0109. The van der Waals surface area contributed by atoms with Crippen molar-refractivity contribution in [1.29, 1.82) is 0 Å². The van der Waals surface area contributed by atoms with Crippen LogP contribution in [0.2, 0.25) is 0 Å². The number of hydrogen-bond acceptors (Lipinski definition) is 8. The Morgan fingerprint density at radius 3 is 2.09 bits per heavy atom. The molecule has 234 valence electrons. The van der Waals surface area contributed by atoms with E-state index in [4.69, 9.17) is 23.7 Å². The van der Waals surface area contributed by atoms with E-state index in [1.807, 2.05) is 24.3 Å². The van der Waals surface area contributed by atoms with Gasteiger partial charge in [0.25, 0.3) is 0 Å². The average Bonchev–Trinajstić information content (AvgIpc) is 3.04. The molecule has 4 aliphatic heterocycles. The number of methoxy groups -OCH3 is 3. The van der Waals surface area contributed by atoms with Crippen LogP contribution < -0.4 is 23.7 Å². The van der Waals surface area contributed by atoms with Crippen LogP contribution in [0.1, 0.15) is 45.5 Å². The second kappa shape index (κ2) is 11.8. The van der Waals surface area contributed by atoms with Crippen molar-refractivity contribution in [3.63, 3.8) is 0 Å². The highest BCUT2D eigenvalue weighted by molar-refractivity contribution is 5.63. The molecule has 0 spiro atoms. The Hall–Kier alpha value is -4.40. The number of nitrogens with zero attached hydrogens (tertiary/aromatic N) is 2. The second-order valence-electron chi connectivity index (χ2n) is 12.3. The lowest BCUT2D eigenvalue weighted by Crippen LogP contribution is -2.34. The fraction of sp³-hybridized carbons (Fsp3) is 0.351. The first-order valence-corrected chi connectivity index (χ1v) is 15.5. The van der Waals surface area contributed by atoms with E-state index >= 15 is 0 Å². The van der Waals surface area contributed by atoms with Gasteiger partial charge in [-0.3, -0.25) is 9.80 Å². The molecule has 0 aromatic heterocycles. The first-order valence-electron chi connectivity index (χ1n) is 15.5. The number of aromatic hydroxyl groups is 1. The Balaban J connectivity index is 1.45. The quantitative estimate of drug-likeness (QED) is 0.271. The standard InChI is InChI=1S/C37H40N2O6/c1-38-14-12-24-20-32(42-4)34-21-27(24)28(38)17-23-8-11-31(41-3)33(18-23)44-26-9-6-22(7-10-26)16-29-35-25(13-15-39(29)2)19-30(40)36(43-5)37(35)45-34/h6-11,18-21,28-29,40H,12-17H2,1-5H3/t28-,29+/m1/s1. The number of hydrogen-bond donors (Lipinski definition) is 1. The summed E-state index contributed by atoms with van der Waals surface area (Å²) in [6.45, 7) is 1.78. The van der Waals surface area contributed by atoms with Crippen molar-refractivity contribution in [2.75, 3.05) is 48.5 Å². The Morgan fingerprint density at radius 1 is 0.689 bits per heavy atom. The molecule has 1 N–H and O–H groups in total. The van der Waals surface area contributed by atoms with Crippen LogP contribution in [0.5, 0.6) is 46.0 Å². The zero-order valence-electron chi connectivity index (χ0n) is 26.6. The van der Waals surface area contributed by atoms with Gasteiger partial charge >= 0.3 is 0 Å². The minimum absolute atomic E-state index is 0.0109. The smallest absolute Gasteiger partial charge is 0.204 e. The zero-order chi connectivity index (χ0) is 31.2. The van der Waals surface area contributed by atoms with Crippen molar-refractivity contribution in [3.05, 3.63) is 94.0 Å². The highest BCUT2D eigenvalue weighted by Gasteiger charge is 2.34. The summed E-state index contributed by atoms with van der Waals surface area (Å²) in [5, 5.41) is 11.1. The molecule has 8 heteroatoms. The van der Waals surface area contributed by atoms with Crippen LogP contribution in [0, 0.1) is 0 Å². The van der Waals surface area contributed by atoms with Gasteiger partial charge in [-0.1, -0.05) is 18.2 Å². The van der Waals surface area contributed by atoms with E-state index in [0.717, 1.165) is 66.8 Å². The largest absolute Gasteiger partial charge is 0.504 e. The summed E-state index contributed by atoms with van der Waals surface area (Å²) in [5.41, 5.74) is 6.80. The Labute approximate surface area is 264 Å². The van der Waals surface area contributed by atoms with Crippen molar-refractivity contribution in [2.24, 2.45) is 0 Å². The van der Waals surface area contributed by atoms with E-state index in [0.29, 0.717) is 34.5 Å². The maximum atomic E-state index is 11.1. The van der Waals surface area contributed by atoms with E-state index in [-0.39, 0.29) is 17.8 Å². The third-order valence-electron chi connectivity index (χ3n) is 9.64. The van der Waals surface area contributed by atoms with Gasteiger partial charge in [-0.2, -0.15) is 0 Å². The Bertz CT molecular complexity index is 1740. The van der Waals surface area contributed by atoms with E-state index in [9.17, 15) is 5.11 Å². The predicted octanol–water partition coefficient (Wildman–Crippen LogP) is 6.86. The SMILES string of the molecule is COc1ccc2cc1Oc1ccc(cc1)C[C@H]1c3c(cc(O)c(OC)c3Oc3cc4c(cc3OC)CCN(C)[C@@H]4C2)CCN1C. The molecule has 0 aliphatic carbocycles. The van der Waals surface area contributed by atoms with Gasteiger partial charge in [0.15, 0.2) is 34.5 Å². The van der Waals surface area contributed by atoms with Crippen LogP contribution in [0.25, 0.3) is 0 Å². The van der Waals surface area contributed by atoms with Crippen molar-refractivity contribution in [3.8, 4) is 46.0 Å². The first kappa shape index (κ1) is 29.3. The van der Waals surface area contributed by atoms with E-state index in [2.05, 4.69) is 60.3 Å². The van der Waals surface area contributed by atoms with Gasteiger partial charge in [-0.15, -0.1) is 0 Å². The summed E-state index contributed by atoms with van der Waals surface area (Å²) in [7, 11) is 9.23. The summed E-state index contributed by atoms with van der Waals surface area (Å²) in [6.07, 6.45) is 3.20. The molecule has 0 saturated heterocycles. The van der Waals surface area contributed by atoms with Gasteiger partial charge in [0.05, 0.1) is 21.3 Å². The summed E-state index contributed by atoms with van der Waals surface area (Å²) in [5.74, 6) is 4.32. The third kappa shape index (κ3) is 5.32. The van der Waals surface area contributed by atoms with E-state index in [1.165, 1.54) is 11.1 Å². The number of rotatable bonds is 3. The highest BCUT2D eigenvalue weighted by atomic mass is 16.5. The first-order chi connectivity index (χ1) is 21.9. The molecule has 4 aliphatic rings. The molecule has 0 amide bonds. The van der Waals surface area contributed by atoms with Gasteiger partial charge in [0.2, 0.25) is 5.75 Å². The fourth-order valence-corrected chi connectivity index (χ4v) is 7.14. The van der Waals surface area contributed by atoms with Crippen molar-refractivity contribution in [2.45, 2.75) is 37.8 Å². The topological polar surface area (TPSA) is 72.9 Å². The number of phenols is 1. The molecule has 4 aromatic carbocycles. The molecule has 0 unspecified atom stereocenters. The molecule has 0 fully saturated rings. The fourth-order valence-electron chi connectivity index (χ4n) is 7.14. The number of benzene rings is 4. The zero-order valence-corrected chi connectivity index (χ0v) is 26.6. The van der Waals surface area contributed by atoms with Crippen molar-refractivity contribution >= 4 is 0 Å². The van der Waals surface area contributed by atoms with Crippen LogP contribution in [0.3, 0.4) is 0 Å². The Morgan fingerprint density at radius 2 is 1.36 bits per heavy atom. The molecular weight excluding hydrogens is 568 g/mol. The lowest BCUT2D eigenvalue weighted by Gasteiger charge is -2.37. The van der Waals surface area contributed by atoms with E-state index < -0.39 is 0 Å². The second-order valence-corrected chi connectivity index (χ2v) is 12.3. The maximum Gasteiger partial charge on any atom is 0.204 e. The molecule has 0 saturated carbocycles. The van der Waals surface area contributed by atoms with Gasteiger partial charge in [0.1, 0.15) is 5.75 Å². The summed E-state index contributed by atoms with van der Waals surface area (Å²) in [6, 6.07) is 20.6. The number of likely N-dealkylation sites (N-methyl/N-ethyl adjacent to an activating group) is 2. The summed E-state index contributed by atoms with van der Waals surface area (Å²) < 4.78 is 30.7. The molecule has 8 nitrogen and oxygen atoms in total. The molecule has 4 aromatic rings. The van der Waals surface area contributed by atoms with Crippen LogP contribution in [0.15, 0.2) is 60.7 Å². The van der Waals surface area contributed by atoms with Crippen molar-refractivity contribution < 1.29 is 28.8 Å². The number of phenolic OH excluding ortho intramolecular Hbond substituents is 1. The molecule has 0 radical (unpaired) electrons. The molecule has 8 rings (SSSR count). The molecule has 2 atom stereocenters. The van der Waals surface area contributed by atoms with Gasteiger partial charge in [0, 0.05) is 30.7 Å². The number of ether oxygens (including phenoxy) is 5. The monoisotopic (exact) mass is 608 g/mol. The average molecular weight is 609 g/mol. The van der Waals surface area contributed by atoms with Gasteiger partial charge in [-0.25, -0.2) is 0 Å². The predicted molar refractivity (Wildman–Crippen MR) is 173 cm³/mol. The van der Waals surface area contributed by atoms with Gasteiger partial charge < -0.3 is 28.8 Å². The summed E-state index contributed by atoms with van der Waals surface area (Å²) >= 11 is 0. The normalized spacial score (nSPS) is 19.4. The van der Waals surface area contributed by atoms with E-state index in [1.54, 1.807) is 21.3 Å². The molecule has 4 heterocycles. The lowest BCUT2D eigenvalue weighted by molar-refractivity contribution is 0.220.